The van der Waals surface area contributed by atoms with Crippen LogP contribution in [0.15, 0.2) is 0 Å². The number of rotatable bonds is 7. The van der Waals surface area contributed by atoms with Gasteiger partial charge in [0.05, 0.1) is 6.61 Å². The van der Waals surface area contributed by atoms with Gasteiger partial charge in [0.2, 0.25) is 0 Å². The van der Waals surface area contributed by atoms with Gasteiger partial charge in [0.25, 0.3) is 5.91 Å². The molecule has 6 heteroatoms. The molecule has 100 valence electrons. The van der Waals surface area contributed by atoms with E-state index in [9.17, 15) is 9.59 Å². The predicted octanol–water partition coefficient (Wildman–Crippen LogP) is -0.504. The summed E-state index contributed by atoms with van der Waals surface area (Å²) < 4.78 is 4.70. The van der Waals surface area contributed by atoms with E-state index in [1.54, 1.807) is 6.92 Å². The number of nitrogens with two attached hydrogens (primary N) is 1. The normalized spacial score (nSPS) is 12.4. The fraction of sp³-hybridized carbons (Fsp3) is 0.818. The third-order valence-electron chi connectivity index (χ3n) is 2.27. The fourth-order valence-electron chi connectivity index (χ4n) is 1.38. The molecule has 1 atom stereocenters. The first-order chi connectivity index (χ1) is 7.95. The summed E-state index contributed by atoms with van der Waals surface area (Å²) >= 11 is 0. The van der Waals surface area contributed by atoms with Crippen LogP contribution in [0.1, 0.15) is 27.2 Å². The lowest BCUT2D eigenvalue weighted by Crippen LogP contribution is -2.51. The SMILES string of the molecule is CCOC(=O)C(N)C(=O)N(CCCO)C(C)C. The smallest absolute Gasteiger partial charge is 0.332 e. The molecule has 0 saturated carbocycles. The number of ether oxygens (including phenoxy) is 1. The molecule has 0 heterocycles. The highest BCUT2D eigenvalue weighted by Crippen LogP contribution is 2.03. The summed E-state index contributed by atoms with van der Waals surface area (Å²) in [7, 11) is 0. The van der Waals surface area contributed by atoms with E-state index < -0.39 is 17.9 Å². The van der Waals surface area contributed by atoms with E-state index in [0.29, 0.717) is 13.0 Å². The minimum atomic E-state index is -1.28. The van der Waals surface area contributed by atoms with E-state index in [-0.39, 0.29) is 19.3 Å². The zero-order chi connectivity index (χ0) is 13.4. The highest BCUT2D eigenvalue weighted by molar-refractivity contribution is 6.01. The van der Waals surface area contributed by atoms with Gasteiger partial charge in [-0.15, -0.1) is 0 Å². The Balaban J connectivity index is 4.54. The molecular formula is C11H22N2O4. The van der Waals surface area contributed by atoms with Gasteiger partial charge in [-0.1, -0.05) is 0 Å². The second kappa shape index (κ2) is 8.03. The highest BCUT2D eigenvalue weighted by atomic mass is 16.5. The van der Waals surface area contributed by atoms with Crippen LogP contribution in [0.4, 0.5) is 0 Å². The summed E-state index contributed by atoms with van der Waals surface area (Å²) in [5.74, 6) is -1.18. The quantitative estimate of drug-likeness (QED) is 0.466. The van der Waals surface area contributed by atoms with E-state index in [0.717, 1.165) is 0 Å². The van der Waals surface area contributed by atoms with E-state index in [4.69, 9.17) is 15.6 Å². The number of aliphatic hydroxyl groups excluding tert-OH is 1. The minimum Gasteiger partial charge on any atom is -0.464 e. The fourth-order valence-corrected chi connectivity index (χ4v) is 1.38. The van der Waals surface area contributed by atoms with Gasteiger partial charge >= 0.3 is 5.97 Å². The summed E-state index contributed by atoms with van der Waals surface area (Å²) in [4.78, 5) is 24.7. The van der Waals surface area contributed by atoms with Gasteiger partial charge < -0.3 is 20.5 Å². The first kappa shape index (κ1) is 15.9. The van der Waals surface area contributed by atoms with Gasteiger partial charge in [-0.05, 0) is 27.2 Å². The highest BCUT2D eigenvalue weighted by Gasteiger charge is 2.29. The maximum absolute atomic E-state index is 11.9. The number of hydrogen-bond acceptors (Lipinski definition) is 5. The van der Waals surface area contributed by atoms with Crippen molar-refractivity contribution < 1.29 is 19.4 Å². The molecule has 0 bridgehead atoms. The van der Waals surface area contributed by atoms with Crippen molar-refractivity contribution in [1.82, 2.24) is 4.90 Å². The van der Waals surface area contributed by atoms with Gasteiger partial charge in [-0.2, -0.15) is 0 Å². The average Bonchev–Trinajstić information content (AvgIpc) is 2.28. The Morgan fingerprint density at radius 2 is 2.00 bits per heavy atom. The van der Waals surface area contributed by atoms with Gasteiger partial charge in [0.1, 0.15) is 0 Å². The number of nitrogens with zero attached hydrogens (tertiary/aromatic N) is 1. The number of carbonyl (C=O) groups is 2. The molecule has 0 spiro atoms. The number of aliphatic hydroxyl groups is 1. The van der Waals surface area contributed by atoms with Crippen molar-refractivity contribution in [2.75, 3.05) is 19.8 Å². The molecule has 3 N–H and O–H groups in total. The van der Waals surface area contributed by atoms with E-state index in [1.165, 1.54) is 4.90 Å². The summed E-state index contributed by atoms with van der Waals surface area (Å²) in [5, 5.41) is 8.75. The third kappa shape index (κ3) is 5.14. The van der Waals surface area contributed by atoms with Crippen molar-refractivity contribution in [3.8, 4) is 0 Å². The lowest BCUT2D eigenvalue weighted by molar-refractivity contribution is -0.151. The molecule has 17 heavy (non-hydrogen) atoms. The van der Waals surface area contributed by atoms with Crippen molar-refractivity contribution in [3.05, 3.63) is 0 Å². The Hall–Kier alpha value is -1.14. The molecule has 0 aromatic carbocycles. The van der Waals surface area contributed by atoms with Crippen LogP contribution in [-0.4, -0.2) is 53.7 Å². The minimum absolute atomic E-state index is 0.00879. The zero-order valence-electron chi connectivity index (χ0n) is 10.7. The molecule has 1 amide bonds. The first-order valence-electron chi connectivity index (χ1n) is 5.79. The monoisotopic (exact) mass is 246 g/mol. The lowest BCUT2D eigenvalue weighted by atomic mass is 10.2. The topological polar surface area (TPSA) is 92.9 Å². The molecular weight excluding hydrogens is 224 g/mol. The Morgan fingerprint density at radius 1 is 1.41 bits per heavy atom. The van der Waals surface area contributed by atoms with Crippen molar-refractivity contribution in [2.24, 2.45) is 5.73 Å². The molecule has 0 saturated heterocycles. The Kier molecular flexibility index (Phi) is 7.49. The Labute approximate surface area is 102 Å². The van der Waals surface area contributed by atoms with Crippen LogP contribution < -0.4 is 5.73 Å². The van der Waals surface area contributed by atoms with Crippen molar-refractivity contribution in [1.29, 1.82) is 0 Å². The molecule has 0 aromatic heterocycles. The van der Waals surface area contributed by atoms with E-state index in [2.05, 4.69) is 0 Å². The molecule has 1 unspecified atom stereocenters. The molecule has 0 aliphatic carbocycles. The zero-order valence-corrected chi connectivity index (χ0v) is 10.7. The van der Waals surface area contributed by atoms with Crippen LogP contribution in [0.2, 0.25) is 0 Å². The van der Waals surface area contributed by atoms with E-state index >= 15 is 0 Å². The van der Waals surface area contributed by atoms with Crippen molar-refractivity contribution in [3.63, 3.8) is 0 Å². The molecule has 0 radical (unpaired) electrons. The molecule has 0 aliphatic rings. The van der Waals surface area contributed by atoms with Crippen LogP contribution in [0, 0.1) is 0 Å². The summed E-state index contributed by atoms with van der Waals surface area (Å²) in [6, 6.07) is -1.36. The lowest BCUT2D eigenvalue weighted by Gasteiger charge is -2.28. The molecule has 0 rings (SSSR count). The maximum Gasteiger partial charge on any atom is 0.332 e. The van der Waals surface area contributed by atoms with Crippen molar-refractivity contribution >= 4 is 11.9 Å². The largest absolute Gasteiger partial charge is 0.464 e. The average molecular weight is 246 g/mol. The van der Waals surface area contributed by atoms with Crippen LogP contribution in [-0.2, 0) is 14.3 Å². The molecule has 0 fully saturated rings. The molecule has 6 nitrogen and oxygen atoms in total. The summed E-state index contributed by atoms with van der Waals surface area (Å²) in [5.41, 5.74) is 5.53. The second-order valence-electron chi connectivity index (χ2n) is 3.93. The first-order valence-corrected chi connectivity index (χ1v) is 5.79. The van der Waals surface area contributed by atoms with Crippen LogP contribution in [0.3, 0.4) is 0 Å². The van der Waals surface area contributed by atoms with Crippen LogP contribution in [0.25, 0.3) is 0 Å². The third-order valence-corrected chi connectivity index (χ3v) is 2.27. The Bertz CT molecular complexity index is 256. The number of amides is 1. The standard InChI is InChI=1S/C11H22N2O4/c1-4-17-11(16)9(12)10(15)13(8(2)3)6-5-7-14/h8-9,14H,4-7,12H2,1-3H3. The molecule has 0 aliphatic heterocycles. The van der Waals surface area contributed by atoms with E-state index in [1.807, 2.05) is 13.8 Å². The Morgan fingerprint density at radius 3 is 2.41 bits per heavy atom. The summed E-state index contributed by atoms with van der Waals surface area (Å²) in [6.07, 6.45) is 0.458. The number of esters is 1. The second-order valence-corrected chi connectivity index (χ2v) is 3.93. The van der Waals surface area contributed by atoms with Gasteiger partial charge in [0.15, 0.2) is 6.04 Å². The number of hydrogen-bond donors (Lipinski definition) is 2. The molecule has 0 aromatic rings. The van der Waals surface area contributed by atoms with Crippen LogP contribution >= 0.6 is 0 Å². The maximum atomic E-state index is 11.9. The predicted molar refractivity (Wildman–Crippen MR) is 63.2 cm³/mol. The summed E-state index contributed by atoms with van der Waals surface area (Å²) in [6.45, 7) is 5.87. The van der Waals surface area contributed by atoms with Gasteiger partial charge in [0, 0.05) is 19.2 Å². The number of carbonyl (C=O) groups excluding carboxylic acids is 2. The van der Waals surface area contributed by atoms with Gasteiger partial charge in [-0.25, -0.2) is 4.79 Å². The van der Waals surface area contributed by atoms with Gasteiger partial charge in [-0.3, -0.25) is 4.79 Å². The van der Waals surface area contributed by atoms with Crippen LogP contribution in [0.5, 0.6) is 0 Å². The van der Waals surface area contributed by atoms with Crippen molar-refractivity contribution in [2.45, 2.75) is 39.3 Å².